The smallest absolute Gasteiger partial charge is 0.338 e. The summed E-state index contributed by atoms with van der Waals surface area (Å²) < 4.78 is 13.1. The van der Waals surface area contributed by atoms with Crippen LogP contribution in [0, 0.1) is 0 Å². The summed E-state index contributed by atoms with van der Waals surface area (Å²) in [7, 11) is 0. The summed E-state index contributed by atoms with van der Waals surface area (Å²) in [6.45, 7) is 8.43. The van der Waals surface area contributed by atoms with Crippen LogP contribution in [-0.2, 0) is 9.53 Å². The Kier molecular flexibility index (Phi) is 8.21. The Morgan fingerprint density at radius 3 is 2.44 bits per heavy atom. The Balaban J connectivity index is 1.78. The van der Waals surface area contributed by atoms with Gasteiger partial charge in [-0.3, -0.25) is 9.36 Å². The largest absolute Gasteiger partial charge is 0.504 e. The van der Waals surface area contributed by atoms with Crippen LogP contribution in [0.25, 0.3) is 11.8 Å². The first-order chi connectivity index (χ1) is 19.8. The van der Waals surface area contributed by atoms with Crippen LogP contribution in [-0.4, -0.2) is 28.9 Å². The lowest BCUT2D eigenvalue weighted by atomic mass is 9.91. The van der Waals surface area contributed by atoms with Gasteiger partial charge < -0.3 is 14.6 Å². The molecule has 0 saturated heterocycles. The van der Waals surface area contributed by atoms with Gasteiger partial charge in [-0.25, -0.2) is 9.79 Å². The zero-order valence-electron chi connectivity index (χ0n) is 23.5. The normalized spacial score (nSPS) is 15.0. The van der Waals surface area contributed by atoms with E-state index in [-0.39, 0.29) is 17.9 Å². The van der Waals surface area contributed by atoms with Crippen LogP contribution in [0.1, 0.15) is 61.9 Å². The Morgan fingerprint density at radius 2 is 1.78 bits per heavy atom. The van der Waals surface area contributed by atoms with Gasteiger partial charge in [-0.2, -0.15) is 0 Å². The molecule has 0 radical (unpaired) electrons. The number of esters is 1. The van der Waals surface area contributed by atoms with E-state index in [9.17, 15) is 14.7 Å². The minimum absolute atomic E-state index is 0.0295. The van der Waals surface area contributed by atoms with Crippen LogP contribution in [0.5, 0.6) is 11.5 Å². The highest BCUT2D eigenvalue weighted by atomic mass is 32.1. The Labute approximate surface area is 242 Å². The Hall–Kier alpha value is -4.43. The van der Waals surface area contributed by atoms with Crippen LogP contribution in [0.15, 0.2) is 88.2 Å². The fraction of sp³-hybridized carbons (Fsp3) is 0.242. The molecule has 0 aliphatic carbocycles. The molecule has 1 aliphatic heterocycles. The van der Waals surface area contributed by atoms with Gasteiger partial charge in [0.15, 0.2) is 16.3 Å². The second-order valence-corrected chi connectivity index (χ2v) is 10.9. The van der Waals surface area contributed by atoms with Crippen LogP contribution in [0.4, 0.5) is 0 Å². The third-order valence-corrected chi connectivity index (χ3v) is 7.86. The van der Waals surface area contributed by atoms with E-state index in [1.54, 1.807) is 35.8 Å². The van der Waals surface area contributed by atoms with Crippen molar-refractivity contribution in [1.82, 2.24) is 4.57 Å². The number of phenolic OH excluding ortho intramolecular Hbond substituents is 1. The molecule has 1 atom stereocenters. The second-order valence-electron chi connectivity index (χ2n) is 9.91. The van der Waals surface area contributed by atoms with E-state index in [1.165, 1.54) is 11.3 Å². The standard InChI is InChI=1S/C33H32N2O5S/c1-5-39-26-18-21(12-17-25(26)36)19-27-31(37)35-30(24-15-13-22(14-16-24)20(3)4)28(32(38)40-6-2)29(34-33(35)41-27)23-10-8-7-9-11-23/h7-20,30,36H,5-6H2,1-4H3/b27-19-/t30-/m1/s1. The molecule has 8 heteroatoms. The molecule has 5 rings (SSSR count). The number of thiazole rings is 1. The number of hydrogen-bond donors (Lipinski definition) is 1. The quantitative estimate of drug-likeness (QED) is 0.297. The summed E-state index contributed by atoms with van der Waals surface area (Å²) in [6.07, 6.45) is 1.75. The lowest BCUT2D eigenvalue weighted by Gasteiger charge is -2.26. The van der Waals surface area contributed by atoms with E-state index >= 15 is 0 Å². The minimum atomic E-state index is -0.734. The predicted octanol–water partition coefficient (Wildman–Crippen LogP) is 5.16. The van der Waals surface area contributed by atoms with Gasteiger partial charge >= 0.3 is 5.97 Å². The summed E-state index contributed by atoms with van der Waals surface area (Å²) >= 11 is 1.25. The van der Waals surface area contributed by atoms with Crippen molar-refractivity contribution in [2.24, 2.45) is 4.99 Å². The van der Waals surface area contributed by atoms with Crippen LogP contribution >= 0.6 is 11.3 Å². The molecule has 2 heterocycles. The van der Waals surface area contributed by atoms with E-state index in [2.05, 4.69) is 13.8 Å². The maximum absolute atomic E-state index is 14.1. The first-order valence-corrected chi connectivity index (χ1v) is 14.5. The number of rotatable bonds is 8. The van der Waals surface area contributed by atoms with Crippen molar-refractivity contribution < 1.29 is 19.4 Å². The fourth-order valence-electron chi connectivity index (χ4n) is 4.86. The van der Waals surface area contributed by atoms with Gasteiger partial charge in [-0.1, -0.05) is 85.8 Å². The molecule has 0 spiro atoms. The number of carbonyl (C=O) groups excluding carboxylic acids is 1. The SMILES string of the molecule is CCOC(=O)C1=C(c2ccccc2)N=c2s/c(=C\c3ccc(O)c(OCC)c3)c(=O)n2[C@@H]1c1ccc(C(C)C)cc1. The number of benzene rings is 3. The summed E-state index contributed by atoms with van der Waals surface area (Å²) in [5.74, 6) is 0.190. The Morgan fingerprint density at radius 1 is 1.05 bits per heavy atom. The average Bonchev–Trinajstić information content (AvgIpc) is 3.28. The predicted molar refractivity (Wildman–Crippen MR) is 161 cm³/mol. The molecule has 210 valence electrons. The van der Waals surface area contributed by atoms with E-state index in [0.29, 0.717) is 44.4 Å². The van der Waals surface area contributed by atoms with E-state index < -0.39 is 12.0 Å². The molecular formula is C33H32N2O5S. The molecule has 1 N–H and O–H groups in total. The topological polar surface area (TPSA) is 90.1 Å². The molecule has 0 bridgehead atoms. The highest BCUT2D eigenvalue weighted by molar-refractivity contribution is 7.07. The zero-order valence-corrected chi connectivity index (χ0v) is 24.3. The highest BCUT2D eigenvalue weighted by Gasteiger charge is 2.35. The average molecular weight is 569 g/mol. The van der Waals surface area contributed by atoms with Crippen molar-refractivity contribution in [3.63, 3.8) is 0 Å². The van der Waals surface area contributed by atoms with Gasteiger partial charge in [-0.15, -0.1) is 0 Å². The summed E-state index contributed by atoms with van der Waals surface area (Å²) in [5, 5.41) is 10.1. The minimum Gasteiger partial charge on any atom is -0.504 e. The first kappa shape index (κ1) is 28.1. The third kappa shape index (κ3) is 5.60. The molecule has 1 aliphatic rings. The number of phenols is 1. The van der Waals surface area contributed by atoms with Crippen molar-refractivity contribution in [3.8, 4) is 11.5 Å². The fourth-order valence-corrected chi connectivity index (χ4v) is 5.86. The maximum atomic E-state index is 14.1. The highest BCUT2D eigenvalue weighted by Crippen LogP contribution is 2.35. The lowest BCUT2D eigenvalue weighted by molar-refractivity contribution is -0.138. The van der Waals surface area contributed by atoms with Gasteiger partial charge in [-0.05, 0) is 54.7 Å². The Bertz CT molecular complexity index is 1780. The van der Waals surface area contributed by atoms with Crippen molar-refractivity contribution in [2.45, 2.75) is 39.7 Å². The molecule has 3 aromatic carbocycles. The summed E-state index contributed by atoms with van der Waals surface area (Å²) in [5.41, 5.74) is 3.93. The van der Waals surface area contributed by atoms with Gasteiger partial charge in [0.1, 0.15) is 0 Å². The van der Waals surface area contributed by atoms with Crippen molar-refractivity contribution in [1.29, 1.82) is 0 Å². The van der Waals surface area contributed by atoms with Gasteiger partial charge in [0.2, 0.25) is 0 Å². The van der Waals surface area contributed by atoms with Crippen LogP contribution in [0.2, 0.25) is 0 Å². The molecule has 0 fully saturated rings. The molecular weight excluding hydrogens is 536 g/mol. The van der Waals surface area contributed by atoms with Crippen molar-refractivity contribution in [3.05, 3.63) is 120 Å². The number of ether oxygens (including phenoxy) is 2. The molecule has 41 heavy (non-hydrogen) atoms. The van der Waals surface area contributed by atoms with Gasteiger partial charge in [0.05, 0.1) is 35.1 Å². The summed E-state index contributed by atoms with van der Waals surface area (Å²) in [4.78, 5) is 33.0. The lowest BCUT2D eigenvalue weighted by Crippen LogP contribution is -2.40. The maximum Gasteiger partial charge on any atom is 0.338 e. The van der Waals surface area contributed by atoms with E-state index in [4.69, 9.17) is 14.5 Å². The van der Waals surface area contributed by atoms with Crippen molar-refractivity contribution >= 4 is 29.1 Å². The number of fused-ring (bicyclic) bond motifs is 1. The van der Waals surface area contributed by atoms with E-state index in [0.717, 1.165) is 16.7 Å². The van der Waals surface area contributed by atoms with Crippen LogP contribution < -0.4 is 19.6 Å². The number of hydrogen-bond acceptors (Lipinski definition) is 7. The third-order valence-electron chi connectivity index (χ3n) is 6.87. The molecule has 0 unspecified atom stereocenters. The number of carbonyl (C=O) groups is 1. The van der Waals surface area contributed by atoms with Crippen molar-refractivity contribution in [2.75, 3.05) is 13.2 Å². The molecule has 0 saturated carbocycles. The monoisotopic (exact) mass is 568 g/mol. The van der Waals surface area contributed by atoms with Gasteiger partial charge in [0.25, 0.3) is 5.56 Å². The summed E-state index contributed by atoms with van der Waals surface area (Å²) in [6, 6.07) is 21.7. The first-order valence-electron chi connectivity index (χ1n) is 13.7. The second kappa shape index (κ2) is 12.0. The number of nitrogens with zero attached hydrogens (tertiary/aromatic N) is 2. The molecule has 0 amide bonds. The molecule has 7 nitrogen and oxygen atoms in total. The molecule has 1 aromatic heterocycles. The number of aromatic nitrogens is 1. The zero-order chi connectivity index (χ0) is 29.1. The van der Waals surface area contributed by atoms with E-state index in [1.807, 2.05) is 61.5 Å². The molecule has 4 aromatic rings. The van der Waals surface area contributed by atoms with Crippen LogP contribution in [0.3, 0.4) is 0 Å². The number of aromatic hydroxyl groups is 1. The van der Waals surface area contributed by atoms with Gasteiger partial charge in [0, 0.05) is 5.56 Å².